The Morgan fingerprint density at radius 1 is 0.242 bits per heavy atom. The predicted molar refractivity (Wildman–Crippen MR) is 500 cm³/mol. The Morgan fingerprint density at radius 2 is 0.625 bits per heavy atom. The zero-order valence-corrected chi connectivity index (χ0v) is 64.9. The second kappa shape index (κ2) is 24.1. The van der Waals surface area contributed by atoms with E-state index in [4.69, 9.17) is 8.83 Å². The molecule has 30 rings (SSSR count). The topological polar surface area (TPSA) is 89.5 Å². The molecule has 0 radical (unpaired) electrons. The molecule has 0 atom stereocenters. The normalized spacial score (nSPS) is 13.4. The van der Waals surface area contributed by atoms with Crippen molar-refractivity contribution in [3.05, 3.63) is 365 Å². The zero-order valence-electron chi connectivity index (χ0n) is 64.1. The van der Waals surface area contributed by atoms with Gasteiger partial charge < -0.3 is 36.7 Å². The van der Waals surface area contributed by atoms with Crippen molar-refractivity contribution in [2.75, 3.05) is 14.4 Å². The molecule has 0 bridgehead atoms. The highest BCUT2D eigenvalue weighted by Crippen LogP contribution is 2.56. The van der Waals surface area contributed by atoms with E-state index in [-0.39, 0.29) is 20.9 Å². The highest BCUT2D eigenvalue weighted by molar-refractivity contribution is 7.26. The van der Waals surface area contributed by atoms with Crippen LogP contribution in [0.4, 0.5) is 34.1 Å². The van der Waals surface area contributed by atoms with Crippen molar-refractivity contribution in [2.45, 2.75) is 0 Å². The Hall–Kier alpha value is -15.4. The largest absolute Gasteiger partial charge is 0.455 e. The van der Waals surface area contributed by atoms with Crippen molar-refractivity contribution >= 4 is 212 Å². The van der Waals surface area contributed by atoms with Crippen LogP contribution in [0.2, 0.25) is 0 Å². The van der Waals surface area contributed by atoms with Gasteiger partial charge in [-0.05, 0) is 146 Å². The molecule has 0 aliphatic carbocycles. The average Bonchev–Trinajstić information content (AvgIpc) is 1.53. The first-order valence-electron chi connectivity index (χ1n) is 41.0. The Morgan fingerprint density at radius 3 is 1.18 bits per heavy atom. The molecule has 9 aromatic heterocycles. The molecule has 552 valence electrons. The number of anilines is 6. The van der Waals surface area contributed by atoms with E-state index in [1.807, 2.05) is 72.8 Å². The second-order valence-electron chi connectivity index (χ2n) is 32.3. The number of hydrogen-bond donors (Lipinski definition) is 0. The molecular weight excluding hydrogens is 1480 g/mol. The lowest BCUT2D eigenvalue weighted by Crippen LogP contribution is -2.51. The fourth-order valence-corrected chi connectivity index (χ4v) is 22.9. The van der Waals surface area contributed by atoms with Crippen LogP contribution in [0, 0.1) is 0 Å². The fourth-order valence-electron chi connectivity index (χ4n) is 21.7. The number of benzene rings is 15. The number of thiophene rings is 1. The number of pyridine rings is 3. The van der Waals surface area contributed by atoms with Gasteiger partial charge in [0.1, 0.15) is 22.3 Å². The van der Waals surface area contributed by atoms with Gasteiger partial charge >= 0.3 is 20.9 Å². The lowest BCUT2D eigenvalue weighted by molar-refractivity contribution is 0.669. The summed E-state index contributed by atoms with van der Waals surface area (Å²) in [6.07, 6.45) is 11.8. The minimum Gasteiger partial charge on any atom is -0.455 e. The molecule has 0 spiro atoms. The van der Waals surface area contributed by atoms with E-state index < -0.39 is 0 Å². The van der Waals surface area contributed by atoms with Gasteiger partial charge in [-0.25, -0.2) is 0 Å². The van der Waals surface area contributed by atoms with Gasteiger partial charge in [0.05, 0.1) is 33.6 Å². The summed E-state index contributed by atoms with van der Waals surface area (Å²) in [4.78, 5) is 21.2. The van der Waals surface area contributed by atoms with E-state index in [0.717, 1.165) is 66.1 Å². The van der Waals surface area contributed by atoms with Gasteiger partial charge in [-0.2, -0.15) is 0 Å². The molecule has 120 heavy (non-hydrogen) atoms. The molecule has 0 unspecified atom stereocenters. The van der Waals surface area contributed by atoms with Crippen LogP contribution in [0.15, 0.2) is 374 Å². The number of aromatic nitrogens is 6. The number of hydrogen-bond acceptors (Lipinski definition) is 9. The number of fused-ring (bicyclic) bond motifs is 42. The fraction of sp³-hybridized carbons (Fsp3) is 0. The zero-order chi connectivity index (χ0) is 77.8. The van der Waals surface area contributed by atoms with E-state index in [1.165, 1.54) is 181 Å². The summed E-state index contributed by atoms with van der Waals surface area (Å²) in [5.74, 6) is 0. The summed E-state index contributed by atoms with van der Waals surface area (Å²) in [6.45, 7) is 0.132. The van der Waals surface area contributed by atoms with E-state index in [1.54, 1.807) is 0 Å². The summed E-state index contributed by atoms with van der Waals surface area (Å²) >= 11 is 1.89. The quantitative estimate of drug-likeness (QED) is 0.162. The SMILES string of the molecule is c1ccc2c(c1)B1N(c3ccc(-c4cccc5c4oc4ccccc45)cc3-2)c2cccc3c4cnccc4n1c23.c1ccc2c(c1)B1N(c3ccccc3-2)c2cc(-c3cccc4c3oc3ccccc34)cc3c4cnccc4n1c23.c1ccc2c(c1)B1N(c3ccccc3-2)c2cc(-c3cccc4c3sc3ccccc34)cc3c4cnccc4n1c23. The molecule has 6 aliphatic rings. The first-order valence-corrected chi connectivity index (χ1v) is 41.8. The lowest BCUT2D eigenvalue weighted by Gasteiger charge is -2.35. The summed E-state index contributed by atoms with van der Waals surface area (Å²) in [5.41, 5.74) is 37.3. The van der Waals surface area contributed by atoms with Crippen molar-refractivity contribution < 1.29 is 8.83 Å². The number of rotatable bonds is 3. The molecule has 15 aromatic carbocycles. The number of para-hydroxylation sites is 7. The smallest absolute Gasteiger partial charge is 0.421 e. The number of furan rings is 2. The third kappa shape index (κ3) is 8.61. The van der Waals surface area contributed by atoms with E-state index in [9.17, 15) is 0 Å². The van der Waals surface area contributed by atoms with E-state index in [2.05, 4.69) is 346 Å². The molecule has 24 aromatic rings. The molecule has 0 N–H and O–H groups in total. The maximum atomic E-state index is 6.48. The molecule has 15 heterocycles. The Balaban J connectivity index is 0.0000000931. The molecule has 6 aliphatic heterocycles. The van der Waals surface area contributed by atoms with Gasteiger partial charge in [-0.3, -0.25) is 15.0 Å². The van der Waals surface area contributed by atoms with Crippen LogP contribution >= 0.6 is 11.3 Å². The molecule has 0 saturated heterocycles. The minimum absolute atomic E-state index is 0.0285. The molecule has 0 fully saturated rings. The summed E-state index contributed by atoms with van der Waals surface area (Å²) in [5, 5.41) is 14.6. The maximum Gasteiger partial charge on any atom is 0.421 e. The highest BCUT2D eigenvalue weighted by atomic mass is 32.1. The average molecular weight is 1540 g/mol. The molecule has 0 amide bonds. The highest BCUT2D eigenvalue weighted by Gasteiger charge is 2.49. The molecule has 11 nitrogen and oxygen atoms in total. The van der Waals surface area contributed by atoms with Gasteiger partial charge in [-0.15, -0.1) is 11.3 Å². The minimum atomic E-state index is 0.0285. The van der Waals surface area contributed by atoms with Crippen LogP contribution in [0.1, 0.15) is 0 Å². The van der Waals surface area contributed by atoms with Crippen molar-refractivity contribution in [1.29, 1.82) is 0 Å². The van der Waals surface area contributed by atoms with Crippen molar-refractivity contribution in [2.24, 2.45) is 0 Å². The number of nitrogens with zero attached hydrogens (tertiary/aromatic N) is 9. The first-order chi connectivity index (χ1) is 59.6. The van der Waals surface area contributed by atoms with Gasteiger partial charge in [0.25, 0.3) is 0 Å². The van der Waals surface area contributed by atoms with Crippen LogP contribution in [0.3, 0.4) is 0 Å². The van der Waals surface area contributed by atoms with Crippen LogP contribution in [0.25, 0.3) is 196 Å². The standard InChI is InChI=1S/2C35H20BN3O.C35H20BN3S/c1-4-13-29-23(8-1)24-9-2-5-14-30(24)38-32-19-21(18-27-28-20-37-17-16-31(28)39(34(27)32)36(29)38)22-11-7-12-26-25-10-3-6-15-33(25)40-35(22)26;1-3-12-29-23(7-1)27-19-21(22-9-5-11-26-24-8-2-4-14-33(24)40-35(22)26)15-16-30(27)38-32-13-6-10-25-28-20-37-18-17-31(28)39(34(25)32)36(29)38;1-4-13-29-23(8-1)24-9-2-5-14-30(24)38-32-19-21(18-27-28-20-37-17-16-31(28)39(34(27)32)36(29)38)22-11-7-12-26-25-10-3-6-15-33(25)40-35(22)26/h3*1-20H. The van der Waals surface area contributed by atoms with Gasteiger partial charge in [0.15, 0.2) is 0 Å². The van der Waals surface area contributed by atoms with Crippen molar-refractivity contribution in [3.63, 3.8) is 0 Å². The van der Waals surface area contributed by atoms with Crippen molar-refractivity contribution in [1.82, 2.24) is 28.4 Å². The van der Waals surface area contributed by atoms with E-state index >= 15 is 0 Å². The maximum absolute atomic E-state index is 6.48. The first kappa shape index (κ1) is 64.8. The monoisotopic (exact) mass is 1540 g/mol. The summed E-state index contributed by atoms with van der Waals surface area (Å²) in [7, 11) is 0. The van der Waals surface area contributed by atoms with Crippen LogP contribution in [0.5, 0.6) is 0 Å². The van der Waals surface area contributed by atoms with Crippen LogP contribution < -0.4 is 30.8 Å². The molecule has 15 heteroatoms. The van der Waals surface area contributed by atoms with E-state index in [0.29, 0.717) is 0 Å². The van der Waals surface area contributed by atoms with Crippen molar-refractivity contribution in [3.8, 4) is 66.8 Å². The second-order valence-corrected chi connectivity index (χ2v) is 33.4. The van der Waals surface area contributed by atoms with Crippen LogP contribution in [-0.4, -0.2) is 49.3 Å². The summed E-state index contributed by atoms with van der Waals surface area (Å²) in [6, 6.07) is 119. The Bertz CT molecular complexity index is 8350. The Labute approximate surface area is 690 Å². The van der Waals surface area contributed by atoms with Gasteiger partial charge in [0.2, 0.25) is 0 Å². The van der Waals surface area contributed by atoms with Gasteiger partial charge in [-0.1, -0.05) is 237 Å². The third-order valence-electron chi connectivity index (χ3n) is 26.5. The third-order valence-corrected chi connectivity index (χ3v) is 27.7. The predicted octanol–water partition coefficient (Wildman–Crippen LogP) is 24.9. The van der Waals surface area contributed by atoms with Crippen LogP contribution in [-0.2, 0) is 0 Å². The lowest BCUT2D eigenvalue weighted by atomic mass is 9.60. The molecule has 0 saturated carbocycles. The molecular formula is C105H60B3N9O2S. The van der Waals surface area contributed by atoms with Gasteiger partial charge in [0, 0.05) is 173 Å². The Kier molecular flexibility index (Phi) is 13.0. The summed E-state index contributed by atoms with van der Waals surface area (Å²) < 4.78 is 23.1.